The lowest BCUT2D eigenvalue weighted by molar-refractivity contribution is -0.149. The highest BCUT2D eigenvalue weighted by Gasteiger charge is 2.31. The highest BCUT2D eigenvalue weighted by molar-refractivity contribution is 5.99. The van der Waals surface area contributed by atoms with E-state index in [9.17, 15) is 9.59 Å². The molecule has 1 unspecified atom stereocenters. The van der Waals surface area contributed by atoms with Crippen LogP contribution in [0.1, 0.15) is 46.2 Å². The van der Waals surface area contributed by atoms with Gasteiger partial charge in [-0.3, -0.25) is 4.79 Å². The first-order chi connectivity index (χ1) is 12.0. The minimum atomic E-state index is -0.663. The van der Waals surface area contributed by atoms with Crippen LogP contribution in [0, 0.1) is 13.8 Å². The number of esters is 1. The van der Waals surface area contributed by atoms with E-state index in [4.69, 9.17) is 9.47 Å². The molecule has 5 heteroatoms. The summed E-state index contributed by atoms with van der Waals surface area (Å²) in [5.74, 6) is 0.0631. The van der Waals surface area contributed by atoms with Crippen LogP contribution in [-0.2, 0) is 16.0 Å². The van der Waals surface area contributed by atoms with Crippen molar-refractivity contribution in [2.24, 2.45) is 0 Å². The number of fused-ring (bicyclic) bond motifs is 1. The predicted molar refractivity (Wildman–Crippen MR) is 92.0 cm³/mol. The molecule has 0 radical (unpaired) electrons. The minimum absolute atomic E-state index is 0.163. The average molecular weight is 339 g/mol. The van der Waals surface area contributed by atoms with Gasteiger partial charge in [0.2, 0.25) is 5.78 Å². The fourth-order valence-corrected chi connectivity index (χ4v) is 3.57. The highest BCUT2D eigenvalue weighted by Crippen LogP contribution is 2.38. The van der Waals surface area contributed by atoms with Gasteiger partial charge in [-0.05, 0) is 44.4 Å². The summed E-state index contributed by atoms with van der Waals surface area (Å²) in [6, 6.07) is 9.96. The molecule has 2 aliphatic rings. The number of Topliss-reactive ketones (excluding diaryl/α,β-unsaturated/α-hetero) is 1. The highest BCUT2D eigenvalue weighted by atomic mass is 16.6. The number of carbonyl (C=O) groups is 2. The van der Waals surface area contributed by atoms with Gasteiger partial charge < -0.3 is 14.0 Å². The molecule has 2 aromatic rings. The molecule has 1 aliphatic heterocycles. The largest absolute Gasteiger partial charge is 0.478 e. The van der Waals surface area contributed by atoms with Gasteiger partial charge in [-0.15, -0.1) is 0 Å². The molecular weight excluding hydrogens is 318 g/mol. The summed E-state index contributed by atoms with van der Waals surface area (Å²) in [4.78, 5) is 24.7. The van der Waals surface area contributed by atoms with Gasteiger partial charge in [-0.2, -0.15) is 0 Å². The third-order valence-electron chi connectivity index (χ3n) is 4.95. The maximum atomic E-state index is 12.5. The van der Waals surface area contributed by atoms with Crippen LogP contribution in [-0.4, -0.2) is 29.0 Å². The second-order valence-electron chi connectivity index (χ2n) is 6.84. The Labute approximate surface area is 146 Å². The quantitative estimate of drug-likeness (QED) is 0.620. The molecular formula is C20H21NO4. The lowest BCUT2D eigenvalue weighted by Gasteiger charge is -2.10. The van der Waals surface area contributed by atoms with Crippen LogP contribution in [0.25, 0.3) is 0 Å². The zero-order valence-electron chi connectivity index (χ0n) is 14.5. The second-order valence-corrected chi connectivity index (χ2v) is 6.84. The van der Waals surface area contributed by atoms with E-state index >= 15 is 0 Å². The third-order valence-corrected chi connectivity index (χ3v) is 4.95. The molecule has 1 aromatic carbocycles. The van der Waals surface area contributed by atoms with Crippen molar-refractivity contribution in [3.8, 4) is 5.75 Å². The Morgan fingerprint density at radius 3 is 2.72 bits per heavy atom. The van der Waals surface area contributed by atoms with Crippen LogP contribution in [0.2, 0.25) is 0 Å². The Bertz CT molecular complexity index is 822. The SMILES string of the molecule is Cc1cc(C(=O)COC(=O)C2Cc3ccccc3O2)c(C)n1C1CC1. The van der Waals surface area contributed by atoms with Crippen molar-refractivity contribution in [3.05, 3.63) is 52.8 Å². The van der Waals surface area contributed by atoms with E-state index in [1.54, 1.807) is 0 Å². The van der Waals surface area contributed by atoms with E-state index < -0.39 is 12.1 Å². The fourth-order valence-electron chi connectivity index (χ4n) is 3.57. The zero-order valence-corrected chi connectivity index (χ0v) is 14.5. The van der Waals surface area contributed by atoms with Crippen molar-refractivity contribution in [1.82, 2.24) is 4.57 Å². The number of aryl methyl sites for hydroxylation is 1. The Kier molecular flexibility index (Phi) is 3.86. The molecule has 0 saturated heterocycles. The molecule has 0 N–H and O–H groups in total. The number of hydrogen-bond acceptors (Lipinski definition) is 4. The van der Waals surface area contributed by atoms with Crippen molar-refractivity contribution in [2.45, 2.75) is 45.3 Å². The van der Waals surface area contributed by atoms with Crippen molar-refractivity contribution >= 4 is 11.8 Å². The van der Waals surface area contributed by atoms with Gasteiger partial charge in [0.1, 0.15) is 5.75 Å². The molecule has 0 bridgehead atoms. The van der Waals surface area contributed by atoms with E-state index in [1.807, 2.05) is 44.2 Å². The molecule has 4 rings (SSSR count). The van der Waals surface area contributed by atoms with Crippen molar-refractivity contribution in [2.75, 3.05) is 6.61 Å². The van der Waals surface area contributed by atoms with Crippen molar-refractivity contribution < 1.29 is 19.1 Å². The van der Waals surface area contributed by atoms with Crippen LogP contribution in [0.3, 0.4) is 0 Å². The monoisotopic (exact) mass is 339 g/mol. The second kappa shape index (κ2) is 6.06. The molecule has 1 fully saturated rings. The number of aromatic nitrogens is 1. The van der Waals surface area contributed by atoms with Crippen LogP contribution in [0.4, 0.5) is 0 Å². The normalized spacial score (nSPS) is 18.6. The van der Waals surface area contributed by atoms with Crippen LogP contribution in [0.5, 0.6) is 5.75 Å². The lowest BCUT2D eigenvalue weighted by atomic mass is 10.1. The Morgan fingerprint density at radius 1 is 1.24 bits per heavy atom. The Hall–Kier alpha value is -2.56. The predicted octanol–water partition coefficient (Wildman–Crippen LogP) is 3.17. The molecule has 1 aliphatic carbocycles. The van der Waals surface area contributed by atoms with Crippen LogP contribution in [0.15, 0.2) is 30.3 Å². The Morgan fingerprint density at radius 2 is 2.00 bits per heavy atom. The lowest BCUT2D eigenvalue weighted by Crippen LogP contribution is -2.29. The number of nitrogens with zero attached hydrogens (tertiary/aromatic N) is 1. The van der Waals surface area contributed by atoms with Gasteiger partial charge in [-0.25, -0.2) is 4.79 Å². The van der Waals surface area contributed by atoms with Crippen molar-refractivity contribution in [3.63, 3.8) is 0 Å². The first-order valence-corrected chi connectivity index (χ1v) is 8.67. The molecule has 0 amide bonds. The number of ether oxygens (including phenoxy) is 2. The van der Waals surface area contributed by atoms with Gasteiger partial charge in [0.05, 0.1) is 0 Å². The van der Waals surface area contributed by atoms with Crippen LogP contribution >= 0.6 is 0 Å². The summed E-state index contributed by atoms with van der Waals surface area (Å²) in [6.07, 6.45) is 2.15. The van der Waals surface area contributed by atoms with Gasteiger partial charge in [0.15, 0.2) is 12.7 Å². The number of hydrogen-bond donors (Lipinski definition) is 0. The van der Waals surface area contributed by atoms with E-state index in [0.29, 0.717) is 23.8 Å². The molecule has 1 saturated carbocycles. The standard InChI is InChI=1S/C20H21NO4/c1-12-9-16(13(2)21(12)15-7-8-15)17(22)11-24-20(23)19-10-14-5-3-4-6-18(14)25-19/h3-6,9,15,19H,7-8,10-11H2,1-2H3. The molecule has 130 valence electrons. The first kappa shape index (κ1) is 15.9. The molecule has 5 nitrogen and oxygen atoms in total. The molecule has 2 heterocycles. The Balaban J connectivity index is 1.38. The fraction of sp³-hybridized carbons (Fsp3) is 0.400. The summed E-state index contributed by atoms with van der Waals surface area (Å²) >= 11 is 0. The van der Waals surface area contributed by atoms with Gasteiger partial charge >= 0.3 is 5.97 Å². The topological polar surface area (TPSA) is 57.5 Å². The summed E-state index contributed by atoms with van der Waals surface area (Å²) in [6.45, 7) is 3.72. The first-order valence-electron chi connectivity index (χ1n) is 8.67. The van der Waals surface area contributed by atoms with Gasteiger partial charge in [-0.1, -0.05) is 18.2 Å². The number of carbonyl (C=O) groups excluding carboxylic acids is 2. The number of rotatable bonds is 5. The van der Waals surface area contributed by atoms with E-state index in [2.05, 4.69) is 4.57 Å². The number of ketones is 1. The van der Waals surface area contributed by atoms with Crippen molar-refractivity contribution in [1.29, 1.82) is 0 Å². The average Bonchev–Trinajstić information content (AvgIpc) is 3.25. The van der Waals surface area contributed by atoms with Gasteiger partial charge in [0.25, 0.3) is 0 Å². The smallest absolute Gasteiger partial charge is 0.348 e. The maximum Gasteiger partial charge on any atom is 0.348 e. The minimum Gasteiger partial charge on any atom is -0.478 e. The summed E-state index contributed by atoms with van der Waals surface area (Å²) in [5, 5.41) is 0. The van der Waals surface area contributed by atoms with E-state index in [1.165, 1.54) is 12.8 Å². The maximum absolute atomic E-state index is 12.5. The summed E-state index contributed by atoms with van der Waals surface area (Å²) in [5.41, 5.74) is 3.69. The third kappa shape index (κ3) is 2.95. The molecule has 0 spiro atoms. The van der Waals surface area contributed by atoms with E-state index in [0.717, 1.165) is 17.0 Å². The summed E-state index contributed by atoms with van der Waals surface area (Å²) in [7, 11) is 0. The summed E-state index contributed by atoms with van der Waals surface area (Å²) < 4.78 is 13.0. The molecule has 1 aromatic heterocycles. The van der Waals surface area contributed by atoms with Gasteiger partial charge in [0, 0.05) is 29.4 Å². The number of benzene rings is 1. The van der Waals surface area contributed by atoms with Crippen LogP contribution < -0.4 is 4.74 Å². The molecule has 1 atom stereocenters. The number of para-hydroxylation sites is 1. The molecule has 25 heavy (non-hydrogen) atoms. The zero-order chi connectivity index (χ0) is 17.6. The van der Waals surface area contributed by atoms with E-state index in [-0.39, 0.29) is 12.4 Å².